The number of carbonyl (C=O) groups excluding carboxylic acids is 1. The highest BCUT2D eigenvalue weighted by Gasteiger charge is 2.23. The molecule has 4 rings (SSSR count). The Morgan fingerprint density at radius 3 is 2.91 bits per heavy atom. The largest absolute Gasteiger partial charge is 0.329 e. The summed E-state index contributed by atoms with van der Waals surface area (Å²) in [6, 6.07) is 2.09. The van der Waals surface area contributed by atoms with E-state index in [0.717, 1.165) is 17.0 Å². The van der Waals surface area contributed by atoms with Crippen LogP contribution in [-0.2, 0) is 13.1 Å². The second kappa shape index (κ2) is 5.15. The van der Waals surface area contributed by atoms with Crippen LogP contribution < -0.4 is 0 Å². The van der Waals surface area contributed by atoms with Gasteiger partial charge in [-0.1, -0.05) is 0 Å². The van der Waals surface area contributed by atoms with Gasteiger partial charge in [-0.25, -0.2) is 9.97 Å². The van der Waals surface area contributed by atoms with Crippen molar-refractivity contribution < 1.29 is 4.79 Å². The van der Waals surface area contributed by atoms with Crippen LogP contribution in [-0.4, -0.2) is 46.7 Å². The molecule has 0 spiro atoms. The molecule has 0 atom stereocenters. The van der Waals surface area contributed by atoms with Crippen molar-refractivity contribution >= 4 is 17.1 Å². The van der Waals surface area contributed by atoms with E-state index in [-0.39, 0.29) is 11.9 Å². The van der Waals surface area contributed by atoms with E-state index < -0.39 is 0 Å². The fourth-order valence-electron chi connectivity index (χ4n) is 2.84. The van der Waals surface area contributed by atoms with Gasteiger partial charge < -0.3 is 14.0 Å². The van der Waals surface area contributed by atoms with Crippen LogP contribution in [0.2, 0.25) is 0 Å². The third-order valence-corrected chi connectivity index (χ3v) is 4.14. The molecule has 1 aliphatic rings. The van der Waals surface area contributed by atoms with Crippen LogP contribution in [0.25, 0.3) is 11.2 Å². The molecule has 0 radical (unpaired) electrons. The molecule has 0 aliphatic carbocycles. The molecular formula is C15H17N7O. The van der Waals surface area contributed by atoms with E-state index in [1.165, 1.54) is 0 Å². The Morgan fingerprint density at radius 1 is 1.22 bits per heavy atom. The van der Waals surface area contributed by atoms with Crippen LogP contribution in [0.5, 0.6) is 0 Å². The maximum atomic E-state index is 12.7. The maximum absolute atomic E-state index is 12.7. The lowest BCUT2D eigenvalue weighted by Crippen LogP contribution is -2.38. The Labute approximate surface area is 132 Å². The van der Waals surface area contributed by atoms with Crippen LogP contribution in [0.15, 0.2) is 24.9 Å². The first-order valence-corrected chi connectivity index (χ1v) is 7.62. The zero-order valence-corrected chi connectivity index (χ0v) is 13.0. The summed E-state index contributed by atoms with van der Waals surface area (Å²) in [5.41, 5.74) is 2.10. The van der Waals surface area contributed by atoms with Crippen LogP contribution in [0.1, 0.15) is 36.1 Å². The SMILES string of the molecule is CC(C)n1cnc2cc(C(=O)N3CCn4cnnc4C3)cnc21. The molecule has 118 valence electrons. The monoisotopic (exact) mass is 311 g/mol. The number of nitrogens with zero attached hydrogens (tertiary/aromatic N) is 7. The molecule has 1 amide bonds. The molecule has 0 N–H and O–H groups in total. The van der Waals surface area contributed by atoms with Crippen molar-refractivity contribution in [3.05, 3.63) is 36.3 Å². The topological polar surface area (TPSA) is 81.7 Å². The van der Waals surface area contributed by atoms with Crippen molar-refractivity contribution in [1.29, 1.82) is 0 Å². The van der Waals surface area contributed by atoms with Crippen LogP contribution in [0, 0.1) is 0 Å². The predicted molar refractivity (Wildman–Crippen MR) is 82.7 cm³/mol. The average Bonchev–Trinajstić information content (AvgIpc) is 3.19. The van der Waals surface area contributed by atoms with Gasteiger partial charge >= 0.3 is 0 Å². The summed E-state index contributed by atoms with van der Waals surface area (Å²) < 4.78 is 3.96. The Hall–Kier alpha value is -2.77. The molecule has 0 saturated carbocycles. The number of hydrogen-bond acceptors (Lipinski definition) is 5. The zero-order valence-electron chi connectivity index (χ0n) is 13.0. The number of carbonyl (C=O) groups is 1. The van der Waals surface area contributed by atoms with Gasteiger partial charge in [0.2, 0.25) is 0 Å². The molecule has 4 heterocycles. The number of fused-ring (bicyclic) bond motifs is 2. The van der Waals surface area contributed by atoms with Gasteiger partial charge in [0.05, 0.1) is 18.4 Å². The van der Waals surface area contributed by atoms with Crippen molar-refractivity contribution in [1.82, 2.24) is 34.2 Å². The number of pyridine rings is 1. The molecule has 0 saturated heterocycles. The maximum Gasteiger partial charge on any atom is 0.255 e. The standard InChI is InChI=1S/C15H17N7O/c1-10(2)22-8-17-12-5-11(6-16-14(12)22)15(23)20-3-4-21-9-18-19-13(21)7-20/h5-6,8-10H,3-4,7H2,1-2H3. The molecule has 0 unspecified atom stereocenters. The van der Waals surface area contributed by atoms with Crippen LogP contribution in [0.3, 0.4) is 0 Å². The fraction of sp³-hybridized carbons (Fsp3) is 0.400. The van der Waals surface area contributed by atoms with Crippen LogP contribution in [0.4, 0.5) is 0 Å². The number of imidazole rings is 1. The first-order valence-electron chi connectivity index (χ1n) is 7.62. The van der Waals surface area contributed by atoms with E-state index in [2.05, 4.69) is 34.0 Å². The smallest absolute Gasteiger partial charge is 0.255 e. The minimum absolute atomic E-state index is 0.0484. The van der Waals surface area contributed by atoms with E-state index in [1.807, 2.05) is 15.2 Å². The quantitative estimate of drug-likeness (QED) is 0.711. The van der Waals surface area contributed by atoms with Crippen LogP contribution >= 0.6 is 0 Å². The second-order valence-corrected chi connectivity index (χ2v) is 5.98. The predicted octanol–water partition coefficient (Wildman–Crippen LogP) is 1.26. The van der Waals surface area contributed by atoms with Gasteiger partial charge in [0, 0.05) is 25.3 Å². The van der Waals surface area contributed by atoms with Crippen molar-refractivity contribution in [2.24, 2.45) is 0 Å². The van der Waals surface area contributed by atoms with E-state index >= 15 is 0 Å². The Morgan fingerprint density at radius 2 is 2.09 bits per heavy atom. The molecule has 8 nitrogen and oxygen atoms in total. The summed E-state index contributed by atoms with van der Waals surface area (Å²) in [5.74, 6) is 0.760. The second-order valence-electron chi connectivity index (χ2n) is 5.98. The lowest BCUT2D eigenvalue weighted by Gasteiger charge is -2.27. The van der Waals surface area contributed by atoms with Gasteiger partial charge in [-0.3, -0.25) is 4.79 Å². The third kappa shape index (κ3) is 2.26. The van der Waals surface area contributed by atoms with E-state index in [1.54, 1.807) is 23.8 Å². The Balaban J connectivity index is 1.63. The molecule has 1 aliphatic heterocycles. The molecular weight excluding hydrogens is 294 g/mol. The summed E-state index contributed by atoms with van der Waals surface area (Å²) >= 11 is 0. The lowest BCUT2D eigenvalue weighted by molar-refractivity contribution is 0.0707. The highest BCUT2D eigenvalue weighted by atomic mass is 16.2. The summed E-state index contributed by atoms with van der Waals surface area (Å²) in [4.78, 5) is 23.3. The van der Waals surface area contributed by atoms with E-state index in [0.29, 0.717) is 25.2 Å². The highest BCUT2D eigenvalue weighted by molar-refractivity contribution is 5.96. The van der Waals surface area contributed by atoms with Crippen molar-refractivity contribution in [3.63, 3.8) is 0 Å². The van der Waals surface area contributed by atoms with E-state index in [4.69, 9.17) is 0 Å². The van der Waals surface area contributed by atoms with Crippen molar-refractivity contribution in [2.45, 2.75) is 33.0 Å². The normalized spacial score (nSPS) is 14.5. The van der Waals surface area contributed by atoms with Crippen molar-refractivity contribution in [3.8, 4) is 0 Å². The minimum Gasteiger partial charge on any atom is -0.329 e. The Kier molecular flexibility index (Phi) is 3.10. The number of aromatic nitrogens is 6. The van der Waals surface area contributed by atoms with Gasteiger partial charge in [0.25, 0.3) is 5.91 Å². The minimum atomic E-state index is -0.0484. The van der Waals surface area contributed by atoms with Gasteiger partial charge in [-0.2, -0.15) is 0 Å². The summed E-state index contributed by atoms with van der Waals surface area (Å²) in [6.07, 6.45) is 5.09. The summed E-state index contributed by atoms with van der Waals surface area (Å²) in [6.45, 7) is 5.98. The van der Waals surface area contributed by atoms with Gasteiger partial charge in [-0.05, 0) is 19.9 Å². The lowest BCUT2D eigenvalue weighted by atomic mass is 10.2. The molecule has 0 aromatic carbocycles. The van der Waals surface area contributed by atoms with Gasteiger partial charge in [0.15, 0.2) is 11.5 Å². The van der Waals surface area contributed by atoms with Gasteiger partial charge in [-0.15, -0.1) is 10.2 Å². The average molecular weight is 311 g/mol. The first-order chi connectivity index (χ1) is 11.1. The summed E-state index contributed by atoms with van der Waals surface area (Å²) in [7, 11) is 0. The van der Waals surface area contributed by atoms with E-state index in [9.17, 15) is 4.79 Å². The third-order valence-electron chi connectivity index (χ3n) is 4.14. The molecule has 3 aromatic rings. The van der Waals surface area contributed by atoms with Gasteiger partial charge in [0.1, 0.15) is 11.8 Å². The fourth-order valence-corrected chi connectivity index (χ4v) is 2.84. The molecule has 8 heteroatoms. The number of hydrogen-bond donors (Lipinski definition) is 0. The first kappa shape index (κ1) is 13.9. The number of amides is 1. The highest BCUT2D eigenvalue weighted by Crippen LogP contribution is 2.18. The molecule has 0 bridgehead atoms. The molecule has 3 aromatic heterocycles. The Bertz CT molecular complexity index is 879. The zero-order chi connectivity index (χ0) is 16.0. The summed E-state index contributed by atoms with van der Waals surface area (Å²) in [5, 5.41) is 7.92. The molecule has 23 heavy (non-hydrogen) atoms. The number of rotatable bonds is 2. The molecule has 0 fully saturated rings. The van der Waals surface area contributed by atoms with Crippen molar-refractivity contribution in [2.75, 3.05) is 6.54 Å².